The van der Waals surface area contributed by atoms with Crippen LogP contribution in [0, 0.1) is 0 Å². The number of nitrogens with one attached hydrogen (secondary N) is 1. The monoisotopic (exact) mass is 456 g/mol. The molecular weight excluding hydrogens is 432 g/mol. The molecule has 0 bridgehead atoms. The van der Waals surface area contributed by atoms with Crippen LogP contribution in [0.4, 0.5) is 5.69 Å². The lowest BCUT2D eigenvalue weighted by atomic mass is 10.1. The highest BCUT2D eigenvalue weighted by atomic mass is 35.5. The molecule has 162 valence electrons. The molecule has 0 spiro atoms. The zero-order valence-corrected chi connectivity index (χ0v) is 19.0. The fourth-order valence-electron chi connectivity index (χ4n) is 3.21. The SMILES string of the molecule is CCc1ccc(C(C)NC(=O)CN(c2cccc(Cl)c2)S(=O)(=O)c2ccccc2)cc1. The quantitative estimate of drug-likeness (QED) is 0.520. The van der Waals surface area contributed by atoms with Crippen LogP contribution >= 0.6 is 11.6 Å². The van der Waals surface area contributed by atoms with E-state index in [1.165, 1.54) is 23.8 Å². The minimum atomic E-state index is -3.96. The Hall–Kier alpha value is -2.83. The van der Waals surface area contributed by atoms with Crippen molar-refractivity contribution in [1.29, 1.82) is 0 Å². The molecule has 0 radical (unpaired) electrons. The second-order valence-electron chi connectivity index (χ2n) is 7.19. The van der Waals surface area contributed by atoms with Gasteiger partial charge in [-0.3, -0.25) is 9.10 Å². The summed E-state index contributed by atoms with van der Waals surface area (Å²) in [5.74, 6) is -0.411. The maximum Gasteiger partial charge on any atom is 0.264 e. The normalized spacial score (nSPS) is 12.2. The molecule has 0 saturated carbocycles. The smallest absolute Gasteiger partial charge is 0.264 e. The Morgan fingerprint density at radius 2 is 1.68 bits per heavy atom. The summed E-state index contributed by atoms with van der Waals surface area (Å²) in [6, 6.07) is 22.2. The van der Waals surface area contributed by atoms with Gasteiger partial charge in [-0.15, -0.1) is 0 Å². The first kappa shape index (κ1) is 22.8. The Bertz CT molecular complexity index is 1130. The van der Waals surface area contributed by atoms with Crippen molar-refractivity contribution in [2.75, 3.05) is 10.8 Å². The molecule has 7 heteroatoms. The topological polar surface area (TPSA) is 66.5 Å². The minimum Gasteiger partial charge on any atom is -0.348 e. The van der Waals surface area contributed by atoms with E-state index in [4.69, 9.17) is 11.6 Å². The fourth-order valence-corrected chi connectivity index (χ4v) is 4.83. The highest BCUT2D eigenvalue weighted by molar-refractivity contribution is 7.92. The van der Waals surface area contributed by atoms with Crippen LogP contribution < -0.4 is 9.62 Å². The van der Waals surface area contributed by atoms with Crippen molar-refractivity contribution in [2.24, 2.45) is 0 Å². The number of benzene rings is 3. The molecule has 1 unspecified atom stereocenters. The zero-order valence-electron chi connectivity index (χ0n) is 17.5. The lowest BCUT2D eigenvalue weighted by molar-refractivity contribution is -0.120. The van der Waals surface area contributed by atoms with Crippen molar-refractivity contribution in [3.63, 3.8) is 0 Å². The molecular formula is C24H25ClN2O3S. The first-order valence-electron chi connectivity index (χ1n) is 10.0. The highest BCUT2D eigenvalue weighted by Crippen LogP contribution is 2.26. The van der Waals surface area contributed by atoms with E-state index in [0.29, 0.717) is 10.7 Å². The number of halogens is 1. The second-order valence-corrected chi connectivity index (χ2v) is 9.49. The van der Waals surface area contributed by atoms with Gasteiger partial charge in [-0.05, 0) is 54.8 Å². The van der Waals surface area contributed by atoms with Gasteiger partial charge in [0.15, 0.2) is 0 Å². The maximum atomic E-state index is 13.3. The van der Waals surface area contributed by atoms with Gasteiger partial charge in [0.1, 0.15) is 6.54 Å². The largest absolute Gasteiger partial charge is 0.348 e. The van der Waals surface area contributed by atoms with E-state index in [0.717, 1.165) is 16.3 Å². The molecule has 0 heterocycles. The molecule has 0 aliphatic heterocycles. The van der Waals surface area contributed by atoms with Crippen LogP contribution in [0.25, 0.3) is 0 Å². The van der Waals surface area contributed by atoms with E-state index in [-0.39, 0.29) is 17.5 Å². The van der Waals surface area contributed by atoms with E-state index in [9.17, 15) is 13.2 Å². The molecule has 1 N–H and O–H groups in total. The Morgan fingerprint density at radius 1 is 1.00 bits per heavy atom. The van der Waals surface area contributed by atoms with Crippen molar-refractivity contribution in [3.8, 4) is 0 Å². The van der Waals surface area contributed by atoms with Crippen LogP contribution in [0.2, 0.25) is 5.02 Å². The molecule has 0 aromatic heterocycles. The van der Waals surface area contributed by atoms with Gasteiger partial charge in [0.25, 0.3) is 10.0 Å². The summed E-state index contributed by atoms with van der Waals surface area (Å²) in [4.78, 5) is 12.9. The molecule has 0 aliphatic carbocycles. The van der Waals surface area contributed by atoms with Gasteiger partial charge < -0.3 is 5.32 Å². The zero-order chi connectivity index (χ0) is 22.4. The number of hydrogen-bond donors (Lipinski definition) is 1. The number of carbonyl (C=O) groups excluding carboxylic acids is 1. The van der Waals surface area contributed by atoms with Gasteiger partial charge >= 0.3 is 0 Å². The van der Waals surface area contributed by atoms with Crippen molar-refractivity contribution < 1.29 is 13.2 Å². The first-order valence-corrected chi connectivity index (χ1v) is 11.8. The molecule has 3 aromatic carbocycles. The molecule has 31 heavy (non-hydrogen) atoms. The molecule has 0 aliphatic rings. The highest BCUT2D eigenvalue weighted by Gasteiger charge is 2.27. The molecule has 0 saturated heterocycles. The van der Waals surface area contributed by atoms with Crippen molar-refractivity contribution in [1.82, 2.24) is 5.32 Å². The summed E-state index contributed by atoms with van der Waals surface area (Å²) in [6.07, 6.45) is 0.937. The summed E-state index contributed by atoms with van der Waals surface area (Å²) < 4.78 is 27.7. The Labute approximate surface area is 188 Å². The average Bonchev–Trinajstić information content (AvgIpc) is 2.78. The van der Waals surface area contributed by atoms with Crippen LogP contribution in [-0.4, -0.2) is 20.9 Å². The number of aryl methyl sites for hydroxylation is 1. The van der Waals surface area contributed by atoms with Crippen LogP contribution in [0.5, 0.6) is 0 Å². The molecule has 1 atom stereocenters. The summed E-state index contributed by atoms with van der Waals surface area (Å²) in [5, 5.41) is 3.28. The number of carbonyl (C=O) groups is 1. The number of anilines is 1. The van der Waals surface area contributed by atoms with Crippen LogP contribution in [0.15, 0.2) is 83.8 Å². The average molecular weight is 457 g/mol. The Kier molecular flexibility index (Phi) is 7.36. The van der Waals surface area contributed by atoms with E-state index >= 15 is 0 Å². The van der Waals surface area contributed by atoms with Crippen molar-refractivity contribution in [3.05, 3.63) is 95.0 Å². The number of rotatable bonds is 8. The van der Waals surface area contributed by atoms with Gasteiger partial charge in [-0.25, -0.2) is 8.42 Å². The van der Waals surface area contributed by atoms with E-state index in [1.807, 2.05) is 31.2 Å². The lowest BCUT2D eigenvalue weighted by Gasteiger charge is -2.25. The summed E-state index contributed by atoms with van der Waals surface area (Å²) in [5.41, 5.74) is 2.49. The summed E-state index contributed by atoms with van der Waals surface area (Å²) in [7, 11) is -3.96. The van der Waals surface area contributed by atoms with Crippen LogP contribution in [0.1, 0.15) is 31.0 Å². The maximum absolute atomic E-state index is 13.3. The van der Waals surface area contributed by atoms with Gasteiger partial charge in [-0.1, -0.05) is 67.1 Å². The lowest BCUT2D eigenvalue weighted by Crippen LogP contribution is -2.41. The Balaban J connectivity index is 1.85. The van der Waals surface area contributed by atoms with Crippen molar-refractivity contribution in [2.45, 2.75) is 31.2 Å². The van der Waals surface area contributed by atoms with Crippen molar-refractivity contribution >= 4 is 33.2 Å². The predicted molar refractivity (Wildman–Crippen MR) is 125 cm³/mol. The summed E-state index contributed by atoms with van der Waals surface area (Å²) >= 11 is 6.09. The second kappa shape index (κ2) is 9.98. The first-order chi connectivity index (χ1) is 14.8. The van der Waals surface area contributed by atoms with Gasteiger partial charge in [0.05, 0.1) is 16.6 Å². The molecule has 3 aromatic rings. The third-order valence-corrected chi connectivity index (χ3v) is 7.00. The number of amides is 1. The number of hydrogen-bond acceptors (Lipinski definition) is 3. The van der Waals surface area contributed by atoms with Crippen LogP contribution in [0.3, 0.4) is 0 Å². The third kappa shape index (κ3) is 5.66. The predicted octanol–water partition coefficient (Wildman–Crippen LogP) is 4.98. The standard InChI is InChI=1S/C24H25ClN2O3S/c1-3-19-12-14-20(15-13-19)18(2)26-24(28)17-27(22-9-7-8-21(25)16-22)31(29,30)23-10-5-4-6-11-23/h4-16,18H,3,17H2,1-2H3,(H,26,28). The third-order valence-electron chi connectivity index (χ3n) is 4.98. The summed E-state index contributed by atoms with van der Waals surface area (Å²) in [6.45, 7) is 3.58. The van der Waals surface area contributed by atoms with Gasteiger partial charge in [0, 0.05) is 5.02 Å². The minimum absolute atomic E-state index is 0.103. The van der Waals surface area contributed by atoms with Gasteiger partial charge in [-0.2, -0.15) is 0 Å². The van der Waals surface area contributed by atoms with E-state index in [1.54, 1.807) is 36.4 Å². The number of sulfonamides is 1. The van der Waals surface area contributed by atoms with Crippen LogP contribution in [-0.2, 0) is 21.2 Å². The van der Waals surface area contributed by atoms with Gasteiger partial charge in [0.2, 0.25) is 5.91 Å². The fraction of sp³-hybridized carbons (Fsp3) is 0.208. The number of nitrogens with zero attached hydrogens (tertiary/aromatic N) is 1. The molecule has 5 nitrogen and oxygen atoms in total. The molecule has 1 amide bonds. The van der Waals surface area contributed by atoms with E-state index < -0.39 is 15.9 Å². The van der Waals surface area contributed by atoms with E-state index in [2.05, 4.69) is 12.2 Å². The molecule has 0 fully saturated rings. The Morgan fingerprint density at radius 3 is 2.29 bits per heavy atom. The molecule has 3 rings (SSSR count).